The second-order valence-corrected chi connectivity index (χ2v) is 19.4. The van der Waals surface area contributed by atoms with Crippen LogP contribution in [0.1, 0.15) is 67.2 Å². The lowest BCUT2D eigenvalue weighted by atomic mass is 9.74. The van der Waals surface area contributed by atoms with Crippen molar-refractivity contribution in [2.24, 2.45) is 10.8 Å². The summed E-state index contributed by atoms with van der Waals surface area (Å²) in [5.74, 6) is 0. The van der Waals surface area contributed by atoms with E-state index in [-0.39, 0.29) is 31.8 Å². The van der Waals surface area contributed by atoms with E-state index in [1.54, 1.807) is 2.84 Å². The number of halogens is 1. The molecule has 0 radical (unpaired) electrons. The van der Waals surface area contributed by atoms with Gasteiger partial charge >= 0.3 is 0 Å². The van der Waals surface area contributed by atoms with Crippen LogP contribution in [0.3, 0.4) is 0 Å². The van der Waals surface area contributed by atoms with Crippen LogP contribution in [0.25, 0.3) is 0 Å². The molecule has 0 fully saturated rings. The molecule has 0 N–H and O–H groups in total. The van der Waals surface area contributed by atoms with Crippen LogP contribution in [0.2, 0.25) is 0 Å². The minimum Gasteiger partial charge on any atom is -0.335 e. The number of hydrogen-bond donors (Lipinski definition) is 0. The number of benzene rings is 2. The number of hydrogen-bond acceptors (Lipinski definition) is 4. The van der Waals surface area contributed by atoms with Crippen LogP contribution in [0.15, 0.2) is 128 Å². The smallest absolute Gasteiger partial charge is 0.0804 e. The molecule has 2 aliphatic carbocycles. The van der Waals surface area contributed by atoms with Crippen molar-refractivity contribution in [2.45, 2.75) is 77.0 Å². The standard InChI is InChI=1S/C39H45IN2S2/c1-7-41-32-16-9-11-18-34(32)44-37(41)23-31-21-29(25-39(5,6)27-31)15-13-14-28-20-30(26-38(3,4)24-28)22-36-40-42(8-2)33-17-10-12-19-35(33)43-36/h9-23H,7-8,24-27H2,1-6H3/b14-13+,29-15+,30-22+,37-23-. The van der Waals surface area contributed by atoms with Gasteiger partial charge in [0.1, 0.15) is 0 Å². The van der Waals surface area contributed by atoms with Gasteiger partial charge in [0.25, 0.3) is 0 Å². The zero-order valence-corrected chi connectivity index (χ0v) is 30.8. The maximum absolute atomic E-state index is 2.61. The molecule has 4 aliphatic rings. The van der Waals surface area contributed by atoms with E-state index in [0.29, 0.717) is 0 Å². The van der Waals surface area contributed by atoms with E-state index in [0.717, 1.165) is 38.8 Å². The normalized spacial score (nSPS) is 23.8. The van der Waals surface area contributed by atoms with E-state index in [1.165, 1.54) is 48.5 Å². The fourth-order valence-electron chi connectivity index (χ4n) is 6.80. The molecule has 230 valence electrons. The Bertz CT molecular complexity index is 1650. The number of nitrogens with zero attached hydrogens (tertiary/aromatic N) is 2. The molecule has 0 saturated carbocycles. The van der Waals surface area contributed by atoms with Crippen LogP contribution in [-0.4, -0.2) is 15.9 Å². The summed E-state index contributed by atoms with van der Waals surface area (Å²) in [7, 11) is 0. The lowest BCUT2D eigenvalue weighted by Crippen LogP contribution is -2.19. The molecule has 2 aromatic carbocycles. The van der Waals surface area contributed by atoms with E-state index < -0.39 is 0 Å². The van der Waals surface area contributed by atoms with Crippen molar-refractivity contribution in [1.29, 1.82) is 0 Å². The molecule has 6 rings (SSSR count). The van der Waals surface area contributed by atoms with Gasteiger partial charge in [-0.1, -0.05) is 106 Å². The molecule has 0 spiro atoms. The lowest BCUT2D eigenvalue weighted by molar-refractivity contribution is 0.355. The van der Waals surface area contributed by atoms with Gasteiger partial charge in [-0.05, 0) is 109 Å². The van der Waals surface area contributed by atoms with Crippen molar-refractivity contribution in [1.82, 2.24) is 0 Å². The molecular weight excluding hydrogens is 687 g/mol. The Morgan fingerprint density at radius 3 is 2.09 bits per heavy atom. The van der Waals surface area contributed by atoms with Crippen molar-refractivity contribution in [3.05, 3.63) is 118 Å². The fourth-order valence-corrected chi connectivity index (χ4v) is 12.7. The minimum absolute atomic E-state index is 0.173. The summed E-state index contributed by atoms with van der Waals surface area (Å²) in [6.07, 6.45) is 21.4. The number of para-hydroxylation sites is 2. The molecule has 44 heavy (non-hydrogen) atoms. The van der Waals surface area contributed by atoms with E-state index in [9.17, 15) is 0 Å². The summed E-state index contributed by atoms with van der Waals surface area (Å²) < 4.78 is 4.16. The molecule has 5 heteroatoms. The third-order valence-electron chi connectivity index (χ3n) is 8.45. The number of anilines is 2. The highest BCUT2D eigenvalue weighted by Crippen LogP contribution is 2.48. The Balaban J connectivity index is 1.23. The van der Waals surface area contributed by atoms with Crippen LogP contribution in [-0.2, 0) is 0 Å². The summed E-state index contributed by atoms with van der Waals surface area (Å²) in [4.78, 5) is 5.22. The third-order valence-corrected chi connectivity index (χ3v) is 14.1. The molecule has 2 aliphatic heterocycles. The average Bonchev–Trinajstić information content (AvgIpc) is 3.31. The van der Waals surface area contributed by atoms with Crippen molar-refractivity contribution in [3.8, 4) is 0 Å². The Morgan fingerprint density at radius 1 is 0.727 bits per heavy atom. The van der Waals surface area contributed by atoms with Gasteiger partial charge in [0, 0.05) is 43.9 Å². The highest BCUT2D eigenvalue weighted by atomic mass is 127. The number of allylic oxidation sites excluding steroid dienone is 10. The van der Waals surface area contributed by atoms with Crippen molar-refractivity contribution in [3.63, 3.8) is 0 Å². The largest absolute Gasteiger partial charge is 0.335 e. The molecule has 0 atom stereocenters. The van der Waals surface area contributed by atoms with E-state index in [4.69, 9.17) is 0 Å². The first kappa shape index (κ1) is 31.7. The monoisotopic (exact) mass is 732 g/mol. The molecule has 0 amide bonds. The molecule has 0 saturated heterocycles. The Labute approximate surface area is 284 Å². The van der Waals surface area contributed by atoms with Crippen LogP contribution in [0.4, 0.5) is 11.4 Å². The van der Waals surface area contributed by atoms with E-state index in [2.05, 4.69) is 141 Å². The van der Waals surface area contributed by atoms with Crippen molar-refractivity contribution < 1.29 is 0 Å². The zero-order valence-electron chi connectivity index (χ0n) is 27.0. The first-order chi connectivity index (χ1) is 21.1. The van der Waals surface area contributed by atoms with E-state index in [1.807, 2.05) is 23.5 Å². The summed E-state index contributed by atoms with van der Waals surface area (Å²) >= 11 is 3.73. The second kappa shape index (κ2) is 13.3. The van der Waals surface area contributed by atoms with Crippen LogP contribution in [0, 0.1) is 10.8 Å². The molecule has 0 aromatic heterocycles. The first-order valence-corrected chi connectivity index (χ1v) is 19.6. The van der Waals surface area contributed by atoms with Gasteiger partial charge in [-0.25, -0.2) is 0 Å². The molecule has 2 nitrogen and oxygen atoms in total. The fraction of sp³-hybridized carbons (Fsp3) is 0.359. The summed E-state index contributed by atoms with van der Waals surface area (Å²) in [6.45, 7) is 16.3. The van der Waals surface area contributed by atoms with Gasteiger partial charge in [-0.2, -0.15) is 0 Å². The SMILES string of the molecule is CCN1I=C(/C=C2C=C(/C=C/C=C3C=C(/C=C4\Sc5ccccc5N4CC)CC(C)(C)C\3)CC(C)(C)C\2)Sc2ccccc21. The van der Waals surface area contributed by atoms with Gasteiger partial charge in [0.2, 0.25) is 0 Å². The van der Waals surface area contributed by atoms with Gasteiger partial charge < -0.3 is 8.01 Å². The molecule has 2 heterocycles. The predicted molar refractivity (Wildman–Crippen MR) is 205 cm³/mol. The maximum Gasteiger partial charge on any atom is 0.0804 e. The Kier molecular flexibility index (Phi) is 9.56. The highest BCUT2D eigenvalue weighted by molar-refractivity contribution is 14.2. The molecule has 0 bridgehead atoms. The average molecular weight is 733 g/mol. The number of rotatable bonds is 6. The first-order valence-electron chi connectivity index (χ1n) is 15.9. The lowest BCUT2D eigenvalue weighted by Gasteiger charge is -2.31. The van der Waals surface area contributed by atoms with Gasteiger partial charge in [0.15, 0.2) is 0 Å². The minimum atomic E-state index is -0.173. The van der Waals surface area contributed by atoms with Crippen molar-refractivity contribution >= 4 is 58.7 Å². The second-order valence-electron chi connectivity index (χ2n) is 13.7. The van der Waals surface area contributed by atoms with Crippen LogP contribution < -0.4 is 8.01 Å². The highest BCUT2D eigenvalue weighted by Gasteiger charge is 2.28. The quantitative estimate of drug-likeness (QED) is 0.215. The number of thioether (sulfide) groups is 2. The maximum atomic E-state index is 2.61. The molecule has 0 unspecified atom stereocenters. The van der Waals surface area contributed by atoms with Gasteiger partial charge in [0.05, 0.1) is 19.2 Å². The van der Waals surface area contributed by atoms with Crippen LogP contribution >= 0.6 is 44.5 Å². The van der Waals surface area contributed by atoms with Gasteiger partial charge in [-0.15, -0.1) is 0 Å². The number of fused-ring (bicyclic) bond motifs is 2. The Morgan fingerprint density at radius 2 is 1.36 bits per heavy atom. The topological polar surface area (TPSA) is 6.48 Å². The zero-order chi connectivity index (χ0) is 30.9. The predicted octanol–water partition coefficient (Wildman–Crippen LogP) is 12.0. The molecule has 2 aromatic rings. The van der Waals surface area contributed by atoms with Gasteiger partial charge in [-0.3, -0.25) is 0 Å². The summed E-state index contributed by atoms with van der Waals surface area (Å²) in [6, 6.07) is 17.7. The van der Waals surface area contributed by atoms with E-state index >= 15 is 0 Å². The third kappa shape index (κ3) is 7.42. The summed E-state index contributed by atoms with van der Waals surface area (Å²) in [5.41, 5.74) is 9.06. The molecular formula is C39H45IN2S2. The van der Waals surface area contributed by atoms with Crippen molar-refractivity contribution in [2.75, 3.05) is 21.1 Å². The van der Waals surface area contributed by atoms with Crippen LogP contribution in [0.5, 0.6) is 0 Å². The summed E-state index contributed by atoms with van der Waals surface area (Å²) in [5, 5.41) is 1.35. The Hall–Kier alpha value is -2.22.